The molecule has 1 unspecified atom stereocenters. The number of methoxy groups -OCH3 is 1. The highest BCUT2D eigenvalue weighted by Crippen LogP contribution is 2.26. The molecule has 0 amide bonds. The fourth-order valence-corrected chi connectivity index (χ4v) is 1.91. The van der Waals surface area contributed by atoms with Crippen LogP contribution in [0.25, 0.3) is 0 Å². The average molecular weight is 247 g/mol. The lowest BCUT2D eigenvalue weighted by molar-refractivity contribution is 0.389. The van der Waals surface area contributed by atoms with Gasteiger partial charge in [-0.2, -0.15) is 4.98 Å². The topological polar surface area (TPSA) is 60.2 Å². The zero-order valence-electron chi connectivity index (χ0n) is 10.6. The van der Waals surface area contributed by atoms with Gasteiger partial charge in [0.25, 0.3) is 0 Å². The lowest BCUT2D eigenvalue weighted by Gasteiger charge is -2.19. The molecule has 0 aliphatic carbocycles. The van der Waals surface area contributed by atoms with Crippen molar-refractivity contribution in [3.63, 3.8) is 0 Å². The lowest BCUT2D eigenvalue weighted by atomic mass is 10.0. The summed E-state index contributed by atoms with van der Waals surface area (Å²) in [5.41, 5.74) is 1.14. The molecule has 1 atom stereocenters. The summed E-state index contributed by atoms with van der Waals surface area (Å²) in [4.78, 5) is 3.99. The second kappa shape index (κ2) is 6.16. The number of rotatable bonds is 6. The Kier molecular flexibility index (Phi) is 4.30. The molecule has 1 N–H and O–H groups in total. The molecule has 2 rings (SSSR count). The van der Waals surface area contributed by atoms with E-state index in [0.717, 1.165) is 17.7 Å². The van der Waals surface area contributed by atoms with E-state index in [-0.39, 0.29) is 6.04 Å². The average Bonchev–Trinajstić information content (AvgIpc) is 2.93. The molecule has 0 aliphatic heterocycles. The van der Waals surface area contributed by atoms with E-state index in [1.807, 2.05) is 18.2 Å². The van der Waals surface area contributed by atoms with Crippen molar-refractivity contribution < 1.29 is 9.26 Å². The number of benzene rings is 1. The molecule has 0 aliphatic rings. The van der Waals surface area contributed by atoms with Gasteiger partial charge < -0.3 is 14.6 Å². The monoisotopic (exact) mass is 247 g/mol. The van der Waals surface area contributed by atoms with E-state index >= 15 is 0 Å². The Morgan fingerprint density at radius 2 is 2.22 bits per heavy atom. The number of para-hydroxylation sites is 1. The first-order valence-electron chi connectivity index (χ1n) is 5.96. The van der Waals surface area contributed by atoms with Gasteiger partial charge in [0.1, 0.15) is 5.75 Å². The Balaban J connectivity index is 2.08. The number of hydrogen-bond donors (Lipinski definition) is 1. The summed E-state index contributed by atoms with van der Waals surface area (Å²) >= 11 is 0. The van der Waals surface area contributed by atoms with Gasteiger partial charge in [-0.1, -0.05) is 30.3 Å². The van der Waals surface area contributed by atoms with Gasteiger partial charge in [0.05, 0.1) is 13.7 Å². The molecule has 0 saturated carbocycles. The van der Waals surface area contributed by atoms with Crippen LogP contribution in [0.2, 0.25) is 0 Å². The maximum atomic E-state index is 5.38. The first kappa shape index (κ1) is 12.6. The van der Waals surface area contributed by atoms with Crippen LogP contribution in [-0.4, -0.2) is 17.3 Å². The number of nitrogens with zero attached hydrogens (tertiary/aromatic N) is 2. The molecular weight excluding hydrogens is 230 g/mol. The highest BCUT2D eigenvalue weighted by atomic mass is 16.5. The number of nitrogens with one attached hydrogen (secondary N) is 1. The van der Waals surface area contributed by atoms with E-state index in [4.69, 9.17) is 9.26 Å². The van der Waals surface area contributed by atoms with Crippen LogP contribution < -0.4 is 10.1 Å². The predicted molar refractivity (Wildman–Crippen MR) is 67.2 cm³/mol. The SMILES string of the molecule is CCC(NCc1ncon1)c1ccccc1OC. The molecule has 0 saturated heterocycles. The Hall–Kier alpha value is -1.88. The van der Waals surface area contributed by atoms with E-state index in [1.54, 1.807) is 7.11 Å². The summed E-state index contributed by atoms with van der Waals surface area (Å²) in [6.07, 6.45) is 2.29. The summed E-state index contributed by atoms with van der Waals surface area (Å²) in [6, 6.07) is 8.22. The van der Waals surface area contributed by atoms with Crippen molar-refractivity contribution in [2.75, 3.05) is 7.11 Å². The maximum Gasteiger partial charge on any atom is 0.213 e. The fourth-order valence-electron chi connectivity index (χ4n) is 1.91. The minimum absolute atomic E-state index is 0.208. The van der Waals surface area contributed by atoms with Crippen LogP contribution in [-0.2, 0) is 6.54 Å². The van der Waals surface area contributed by atoms with Gasteiger partial charge in [-0.3, -0.25) is 0 Å². The molecule has 0 bridgehead atoms. The zero-order valence-corrected chi connectivity index (χ0v) is 10.6. The van der Waals surface area contributed by atoms with Crippen molar-refractivity contribution in [2.45, 2.75) is 25.9 Å². The molecular formula is C13H17N3O2. The van der Waals surface area contributed by atoms with Gasteiger partial charge >= 0.3 is 0 Å². The Morgan fingerprint density at radius 1 is 1.39 bits per heavy atom. The van der Waals surface area contributed by atoms with E-state index < -0.39 is 0 Å². The highest BCUT2D eigenvalue weighted by Gasteiger charge is 2.14. The third-order valence-corrected chi connectivity index (χ3v) is 2.84. The van der Waals surface area contributed by atoms with Crippen molar-refractivity contribution in [2.24, 2.45) is 0 Å². The smallest absolute Gasteiger partial charge is 0.213 e. The Bertz CT molecular complexity index is 471. The summed E-state index contributed by atoms with van der Waals surface area (Å²) in [5.74, 6) is 1.55. The largest absolute Gasteiger partial charge is 0.496 e. The molecule has 5 heteroatoms. The van der Waals surface area contributed by atoms with Crippen molar-refractivity contribution in [3.05, 3.63) is 42.0 Å². The van der Waals surface area contributed by atoms with Crippen LogP contribution in [0.15, 0.2) is 35.2 Å². The van der Waals surface area contributed by atoms with Crippen molar-refractivity contribution in [3.8, 4) is 5.75 Å². The molecule has 0 radical (unpaired) electrons. The van der Waals surface area contributed by atoms with Crippen LogP contribution in [0.3, 0.4) is 0 Å². The number of hydrogen-bond acceptors (Lipinski definition) is 5. The van der Waals surface area contributed by atoms with Gasteiger partial charge in [-0.25, -0.2) is 0 Å². The quantitative estimate of drug-likeness (QED) is 0.848. The molecule has 1 aromatic carbocycles. The number of aromatic nitrogens is 2. The van der Waals surface area contributed by atoms with Crippen LogP contribution in [0.4, 0.5) is 0 Å². The second-order valence-electron chi connectivity index (χ2n) is 3.93. The third-order valence-electron chi connectivity index (χ3n) is 2.84. The van der Waals surface area contributed by atoms with E-state index in [9.17, 15) is 0 Å². The maximum absolute atomic E-state index is 5.38. The fraction of sp³-hybridized carbons (Fsp3) is 0.385. The molecule has 5 nitrogen and oxygen atoms in total. The summed E-state index contributed by atoms with van der Waals surface area (Å²) in [5, 5.41) is 7.18. The lowest BCUT2D eigenvalue weighted by Crippen LogP contribution is -2.21. The molecule has 18 heavy (non-hydrogen) atoms. The molecule has 0 spiro atoms. The van der Waals surface area contributed by atoms with Gasteiger partial charge in [0, 0.05) is 11.6 Å². The zero-order chi connectivity index (χ0) is 12.8. The van der Waals surface area contributed by atoms with Gasteiger partial charge in [0.2, 0.25) is 6.39 Å². The molecule has 1 aromatic heterocycles. The highest BCUT2D eigenvalue weighted by molar-refractivity contribution is 5.35. The van der Waals surface area contributed by atoms with E-state index in [0.29, 0.717) is 12.4 Å². The molecule has 0 fully saturated rings. The minimum Gasteiger partial charge on any atom is -0.496 e. The van der Waals surface area contributed by atoms with E-state index in [1.165, 1.54) is 6.39 Å². The predicted octanol–water partition coefficient (Wildman–Crippen LogP) is 2.32. The van der Waals surface area contributed by atoms with E-state index in [2.05, 4.69) is 28.4 Å². The second-order valence-corrected chi connectivity index (χ2v) is 3.93. The van der Waals surface area contributed by atoms with Gasteiger partial charge in [-0.05, 0) is 12.5 Å². The summed E-state index contributed by atoms with van der Waals surface area (Å²) in [6.45, 7) is 2.70. The molecule has 96 valence electrons. The van der Waals surface area contributed by atoms with Crippen LogP contribution in [0, 0.1) is 0 Å². The standard InChI is InChI=1S/C13H17N3O2/c1-3-11(14-8-13-15-9-18-16-13)10-6-4-5-7-12(10)17-2/h4-7,9,11,14H,3,8H2,1-2H3. The van der Waals surface area contributed by atoms with Crippen molar-refractivity contribution >= 4 is 0 Å². The van der Waals surface area contributed by atoms with Gasteiger partial charge in [-0.15, -0.1) is 0 Å². The Labute approximate surface area is 106 Å². The van der Waals surface area contributed by atoms with Crippen molar-refractivity contribution in [1.29, 1.82) is 0 Å². The normalized spacial score (nSPS) is 12.3. The third kappa shape index (κ3) is 2.87. The minimum atomic E-state index is 0.208. The molecule has 1 heterocycles. The first-order chi connectivity index (χ1) is 8.85. The number of ether oxygens (including phenoxy) is 1. The molecule has 2 aromatic rings. The Morgan fingerprint density at radius 3 is 2.89 bits per heavy atom. The van der Waals surface area contributed by atoms with Crippen molar-refractivity contribution in [1.82, 2.24) is 15.5 Å². The summed E-state index contributed by atoms with van der Waals surface area (Å²) in [7, 11) is 1.69. The van der Waals surface area contributed by atoms with Crippen LogP contribution in [0.1, 0.15) is 30.8 Å². The van der Waals surface area contributed by atoms with Crippen LogP contribution in [0.5, 0.6) is 5.75 Å². The van der Waals surface area contributed by atoms with Crippen LogP contribution >= 0.6 is 0 Å². The summed E-state index contributed by atoms with van der Waals surface area (Å²) < 4.78 is 10.1. The first-order valence-corrected chi connectivity index (χ1v) is 5.96. The van der Waals surface area contributed by atoms with Gasteiger partial charge in [0.15, 0.2) is 5.82 Å².